The molecule has 0 heterocycles. The standard InChI is InChI=1S/C5H3F9O/c6-1(7)4(10,11)2(8)15-3(9)5(12,13)14/h1-3H. The van der Waals surface area contributed by atoms with E-state index in [0.29, 0.717) is 0 Å². The third-order valence-corrected chi connectivity index (χ3v) is 1.09. The minimum absolute atomic E-state index is 2.45. The number of ether oxygens (including phenoxy) is 1. The number of rotatable bonds is 4. The maximum absolute atomic E-state index is 12.0. The van der Waals surface area contributed by atoms with Gasteiger partial charge >= 0.3 is 18.5 Å². The topological polar surface area (TPSA) is 9.23 Å². The first-order valence-electron chi connectivity index (χ1n) is 3.16. The first-order valence-corrected chi connectivity index (χ1v) is 3.16. The van der Waals surface area contributed by atoms with Gasteiger partial charge in [0.1, 0.15) is 0 Å². The highest BCUT2D eigenvalue weighted by molar-refractivity contribution is 4.74. The largest absolute Gasteiger partial charge is 0.445 e. The SMILES string of the molecule is FC(OC(F)C(F)(F)C(F)F)C(F)(F)F. The van der Waals surface area contributed by atoms with E-state index in [4.69, 9.17) is 0 Å². The maximum Gasteiger partial charge on any atom is 0.445 e. The van der Waals surface area contributed by atoms with Gasteiger partial charge in [-0.1, -0.05) is 0 Å². The van der Waals surface area contributed by atoms with Gasteiger partial charge in [0.2, 0.25) is 0 Å². The molecular formula is C5H3F9O. The predicted molar refractivity (Wildman–Crippen MR) is 27.9 cm³/mol. The highest BCUT2D eigenvalue weighted by Crippen LogP contribution is 2.33. The molecule has 0 saturated heterocycles. The number of hydrogen-bond acceptors (Lipinski definition) is 1. The molecule has 0 aromatic heterocycles. The third kappa shape index (κ3) is 3.76. The van der Waals surface area contributed by atoms with Gasteiger partial charge in [0.15, 0.2) is 0 Å². The summed E-state index contributed by atoms with van der Waals surface area (Å²) >= 11 is 0. The van der Waals surface area contributed by atoms with E-state index in [-0.39, 0.29) is 0 Å². The fourth-order valence-corrected chi connectivity index (χ4v) is 0.372. The number of alkyl halides is 9. The van der Waals surface area contributed by atoms with Gasteiger partial charge in [0.05, 0.1) is 0 Å². The zero-order valence-corrected chi connectivity index (χ0v) is 6.54. The quantitative estimate of drug-likeness (QED) is 0.697. The average Bonchev–Trinajstić information content (AvgIpc) is 2.01. The number of hydrogen-bond donors (Lipinski definition) is 0. The van der Waals surface area contributed by atoms with E-state index in [1.54, 1.807) is 0 Å². The summed E-state index contributed by atoms with van der Waals surface area (Å²) in [6.45, 7) is 0. The van der Waals surface area contributed by atoms with Crippen LogP contribution in [0.3, 0.4) is 0 Å². The lowest BCUT2D eigenvalue weighted by atomic mass is 10.3. The van der Waals surface area contributed by atoms with Gasteiger partial charge in [-0.2, -0.15) is 22.0 Å². The Morgan fingerprint density at radius 2 is 1.13 bits per heavy atom. The fraction of sp³-hybridized carbons (Fsp3) is 1.00. The molecule has 2 atom stereocenters. The van der Waals surface area contributed by atoms with Crippen LogP contribution >= 0.6 is 0 Å². The van der Waals surface area contributed by atoms with E-state index >= 15 is 0 Å². The number of halogens is 9. The fourth-order valence-electron chi connectivity index (χ4n) is 0.372. The highest BCUT2D eigenvalue weighted by Gasteiger charge is 2.54. The smallest absolute Gasteiger partial charge is 0.301 e. The van der Waals surface area contributed by atoms with Crippen LogP contribution in [-0.2, 0) is 4.74 Å². The summed E-state index contributed by atoms with van der Waals surface area (Å²) in [5.74, 6) is -5.50. The summed E-state index contributed by atoms with van der Waals surface area (Å²) < 4.78 is 107. The highest BCUT2D eigenvalue weighted by atomic mass is 19.4. The van der Waals surface area contributed by atoms with E-state index in [2.05, 4.69) is 4.74 Å². The molecule has 0 amide bonds. The third-order valence-electron chi connectivity index (χ3n) is 1.09. The van der Waals surface area contributed by atoms with Gasteiger partial charge in [-0.15, -0.1) is 0 Å². The Labute approximate surface area is 76.8 Å². The first-order chi connectivity index (χ1) is 6.49. The van der Waals surface area contributed by atoms with Crippen LogP contribution in [0.1, 0.15) is 0 Å². The molecule has 0 rings (SSSR count). The second kappa shape index (κ2) is 4.45. The summed E-state index contributed by atoms with van der Waals surface area (Å²) in [5, 5.41) is 0. The molecule has 0 fully saturated rings. The Morgan fingerprint density at radius 3 is 1.40 bits per heavy atom. The van der Waals surface area contributed by atoms with E-state index in [1.165, 1.54) is 0 Å². The molecule has 0 aliphatic rings. The van der Waals surface area contributed by atoms with Crippen molar-refractivity contribution in [2.45, 2.75) is 31.2 Å². The normalized spacial score (nSPS) is 18.0. The van der Waals surface area contributed by atoms with Gasteiger partial charge in [0.25, 0.3) is 12.7 Å². The van der Waals surface area contributed by atoms with Crippen molar-refractivity contribution in [3.05, 3.63) is 0 Å². The molecule has 0 aromatic rings. The van der Waals surface area contributed by atoms with E-state index in [1.807, 2.05) is 0 Å². The zero-order valence-electron chi connectivity index (χ0n) is 6.54. The minimum Gasteiger partial charge on any atom is -0.301 e. The Balaban J connectivity index is 4.44. The molecule has 0 radical (unpaired) electrons. The molecule has 2 unspecified atom stereocenters. The lowest BCUT2D eigenvalue weighted by molar-refractivity contribution is -0.335. The van der Waals surface area contributed by atoms with Crippen LogP contribution in [-0.4, -0.2) is 31.2 Å². The van der Waals surface area contributed by atoms with Gasteiger partial charge in [-0.05, 0) is 0 Å². The molecule has 0 aromatic carbocycles. The van der Waals surface area contributed by atoms with Crippen molar-refractivity contribution in [1.82, 2.24) is 0 Å². The Hall–Kier alpha value is -0.670. The lowest BCUT2D eigenvalue weighted by Crippen LogP contribution is -2.43. The summed E-state index contributed by atoms with van der Waals surface area (Å²) in [6, 6.07) is 0. The molecule has 10 heteroatoms. The van der Waals surface area contributed by atoms with E-state index in [0.717, 1.165) is 0 Å². The van der Waals surface area contributed by atoms with Crippen LogP contribution in [0.25, 0.3) is 0 Å². The molecule has 0 aliphatic heterocycles. The molecule has 1 nitrogen and oxygen atoms in total. The molecule has 0 bridgehead atoms. The van der Waals surface area contributed by atoms with Crippen LogP contribution in [0.5, 0.6) is 0 Å². The Bertz CT molecular complexity index is 199. The van der Waals surface area contributed by atoms with Crippen LogP contribution in [0, 0.1) is 0 Å². The van der Waals surface area contributed by atoms with Crippen molar-refractivity contribution in [2.75, 3.05) is 0 Å². The second-order valence-electron chi connectivity index (χ2n) is 2.29. The minimum atomic E-state index is -5.76. The van der Waals surface area contributed by atoms with E-state index < -0.39 is 31.2 Å². The second-order valence-corrected chi connectivity index (χ2v) is 2.29. The Morgan fingerprint density at radius 1 is 0.733 bits per heavy atom. The summed E-state index contributed by atoms with van der Waals surface area (Å²) in [6.07, 6.45) is -19.1. The Kier molecular flexibility index (Phi) is 4.26. The van der Waals surface area contributed by atoms with Gasteiger partial charge < -0.3 is 4.74 Å². The summed E-state index contributed by atoms with van der Waals surface area (Å²) in [7, 11) is 0. The monoisotopic (exact) mass is 250 g/mol. The molecule has 92 valence electrons. The first kappa shape index (κ1) is 14.3. The van der Waals surface area contributed by atoms with Crippen molar-refractivity contribution < 1.29 is 44.3 Å². The van der Waals surface area contributed by atoms with Crippen molar-refractivity contribution in [3.63, 3.8) is 0 Å². The van der Waals surface area contributed by atoms with Crippen LogP contribution in [0.4, 0.5) is 39.5 Å². The van der Waals surface area contributed by atoms with Gasteiger partial charge in [-0.3, -0.25) is 0 Å². The average molecular weight is 250 g/mol. The van der Waals surface area contributed by atoms with Crippen molar-refractivity contribution in [1.29, 1.82) is 0 Å². The van der Waals surface area contributed by atoms with Gasteiger partial charge in [-0.25, -0.2) is 17.6 Å². The van der Waals surface area contributed by atoms with Crippen molar-refractivity contribution in [2.24, 2.45) is 0 Å². The molecule has 15 heavy (non-hydrogen) atoms. The summed E-state index contributed by atoms with van der Waals surface area (Å²) in [5.41, 5.74) is 0. The lowest BCUT2D eigenvalue weighted by Gasteiger charge is -2.22. The van der Waals surface area contributed by atoms with Crippen molar-refractivity contribution in [3.8, 4) is 0 Å². The molecule has 0 N–H and O–H groups in total. The molecule has 0 spiro atoms. The predicted octanol–water partition coefficient (Wildman–Crippen LogP) is 3.06. The zero-order chi connectivity index (χ0) is 12.4. The summed E-state index contributed by atoms with van der Waals surface area (Å²) in [4.78, 5) is 0. The van der Waals surface area contributed by atoms with Crippen molar-refractivity contribution >= 4 is 0 Å². The molecule has 0 saturated carbocycles. The van der Waals surface area contributed by atoms with Crippen LogP contribution in [0.15, 0.2) is 0 Å². The van der Waals surface area contributed by atoms with Crippen LogP contribution < -0.4 is 0 Å². The van der Waals surface area contributed by atoms with Gasteiger partial charge in [0, 0.05) is 0 Å². The molecular weight excluding hydrogens is 247 g/mol. The van der Waals surface area contributed by atoms with E-state index in [9.17, 15) is 39.5 Å². The maximum atomic E-state index is 12.0. The molecule has 0 aliphatic carbocycles. The van der Waals surface area contributed by atoms with Crippen LogP contribution in [0.2, 0.25) is 0 Å².